The van der Waals surface area contributed by atoms with Crippen molar-refractivity contribution in [3.8, 4) is 0 Å². The van der Waals surface area contributed by atoms with Crippen LogP contribution in [0.1, 0.15) is 26.7 Å². The maximum atomic E-state index is 12.5. The van der Waals surface area contributed by atoms with Crippen LogP contribution in [0.25, 0.3) is 0 Å². The monoisotopic (exact) mass is 334 g/mol. The molecule has 1 rings (SSSR count). The molecule has 2 N–H and O–H groups in total. The van der Waals surface area contributed by atoms with Crippen LogP contribution in [0.5, 0.6) is 0 Å². The topological polar surface area (TPSA) is 87.0 Å². The number of nitrogens with zero attached hydrogens (tertiary/aromatic N) is 3. The average Bonchev–Trinajstić information content (AvgIpc) is 2.44. The van der Waals surface area contributed by atoms with Gasteiger partial charge in [-0.25, -0.2) is 8.42 Å². The van der Waals surface area contributed by atoms with Gasteiger partial charge in [-0.15, -0.1) is 0 Å². The second-order valence-electron chi connectivity index (χ2n) is 6.30. The van der Waals surface area contributed by atoms with Gasteiger partial charge < -0.3 is 15.5 Å². The van der Waals surface area contributed by atoms with E-state index in [2.05, 4.69) is 18.7 Å². The molecule has 1 amide bonds. The molecule has 1 heterocycles. The minimum Gasteiger partial charge on any atom is -0.348 e. The van der Waals surface area contributed by atoms with Gasteiger partial charge in [-0.2, -0.15) is 4.31 Å². The zero-order valence-electron chi connectivity index (χ0n) is 14.2. The number of sulfonamides is 1. The largest absolute Gasteiger partial charge is 0.348 e. The lowest BCUT2D eigenvalue weighted by molar-refractivity contribution is -0.129. The summed E-state index contributed by atoms with van der Waals surface area (Å²) in [5, 5.41) is 0. The van der Waals surface area contributed by atoms with Gasteiger partial charge in [-0.05, 0) is 39.8 Å². The maximum absolute atomic E-state index is 12.5. The van der Waals surface area contributed by atoms with Gasteiger partial charge in [0.05, 0.1) is 12.3 Å². The molecule has 0 aromatic carbocycles. The van der Waals surface area contributed by atoms with E-state index in [-0.39, 0.29) is 30.8 Å². The van der Waals surface area contributed by atoms with Crippen LogP contribution in [0.2, 0.25) is 0 Å². The van der Waals surface area contributed by atoms with Gasteiger partial charge in [-0.3, -0.25) is 4.79 Å². The number of amides is 1. The number of nitrogens with two attached hydrogens (primary N) is 1. The third-order valence-corrected chi connectivity index (χ3v) is 6.05. The first kappa shape index (κ1) is 19.3. The minimum absolute atomic E-state index is 0.0693. The molecule has 7 nitrogen and oxygen atoms in total. The Labute approximate surface area is 134 Å². The fourth-order valence-electron chi connectivity index (χ4n) is 2.69. The Kier molecular flexibility index (Phi) is 7.24. The molecule has 0 aromatic rings. The molecule has 1 fully saturated rings. The number of likely N-dealkylation sites (tertiary alicyclic amines) is 1. The van der Waals surface area contributed by atoms with E-state index in [0.717, 1.165) is 25.9 Å². The van der Waals surface area contributed by atoms with E-state index in [1.54, 1.807) is 14.1 Å². The van der Waals surface area contributed by atoms with Gasteiger partial charge in [0.25, 0.3) is 0 Å². The number of likely N-dealkylation sites (N-methyl/N-ethyl adjacent to an activating group) is 1. The molecule has 0 aromatic heterocycles. The Morgan fingerprint density at radius 2 is 1.82 bits per heavy atom. The van der Waals surface area contributed by atoms with Gasteiger partial charge in [-0.1, -0.05) is 0 Å². The normalized spacial score (nSPS) is 18.1. The van der Waals surface area contributed by atoms with Crippen LogP contribution in [0, 0.1) is 0 Å². The number of hydrogen-bond donors (Lipinski definition) is 1. The summed E-state index contributed by atoms with van der Waals surface area (Å²) in [4.78, 5) is 15.8. The van der Waals surface area contributed by atoms with Crippen molar-refractivity contribution in [1.82, 2.24) is 14.1 Å². The minimum atomic E-state index is -3.50. The van der Waals surface area contributed by atoms with Crippen LogP contribution >= 0.6 is 0 Å². The molecule has 0 bridgehead atoms. The molecule has 0 aliphatic carbocycles. The first-order valence-corrected chi connectivity index (χ1v) is 9.43. The summed E-state index contributed by atoms with van der Waals surface area (Å²) in [7, 11) is -0.223. The van der Waals surface area contributed by atoms with Gasteiger partial charge in [0.1, 0.15) is 0 Å². The van der Waals surface area contributed by atoms with Crippen LogP contribution in [-0.4, -0.2) is 86.5 Å². The van der Waals surface area contributed by atoms with Crippen LogP contribution < -0.4 is 5.73 Å². The SMILES string of the molecule is CC(C)N1CCC(N(CC(=O)N(C)C)S(=O)(=O)CCN)CC1. The van der Waals surface area contributed by atoms with Crippen molar-refractivity contribution in [2.24, 2.45) is 5.73 Å². The molecule has 0 spiro atoms. The van der Waals surface area contributed by atoms with Gasteiger partial charge in [0.15, 0.2) is 0 Å². The lowest BCUT2D eigenvalue weighted by Crippen LogP contribution is -2.52. The molecule has 8 heteroatoms. The summed E-state index contributed by atoms with van der Waals surface area (Å²) < 4.78 is 26.3. The molecule has 0 radical (unpaired) electrons. The number of carbonyl (C=O) groups excluding carboxylic acids is 1. The zero-order chi connectivity index (χ0) is 16.9. The van der Waals surface area contributed by atoms with E-state index in [0.29, 0.717) is 6.04 Å². The fourth-order valence-corrected chi connectivity index (χ4v) is 4.19. The molecule has 0 saturated carbocycles. The molecule has 1 saturated heterocycles. The summed E-state index contributed by atoms with van der Waals surface area (Å²) >= 11 is 0. The van der Waals surface area contributed by atoms with E-state index in [4.69, 9.17) is 5.73 Å². The van der Waals surface area contributed by atoms with Crippen LogP contribution in [-0.2, 0) is 14.8 Å². The highest BCUT2D eigenvalue weighted by Gasteiger charge is 2.34. The fraction of sp³-hybridized carbons (Fsp3) is 0.929. The Morgan fingerprint density at radius 3 is 2.23 bits per heavy atom. The van der Waals surface area contributed by atoms with E-state index in [9.17, 15) is 13.2 Å². The van der Waals surface area contributed by atoms with Crippen molar-refractivity contribution in [1.29, 1.82) is 0 Å². The number of piperidine rings is 1. The number of rotatable bonds is 7. The Hall–Kier alpha value is -0.700. The van der Waals surface area contributed by atoms with E-state index < -0.39 is 10.0 Å². The highest BCUT2D eigenvalue weighted by Crippen LogP contribution is 2.21. The highest BCUT2D eigenvalue weighted by molar-refractivity contribution is 7.89. The quantitative estimate of drug-likeness (QED) is 0.681. The third-order valence-electron chi connectivity index (χ3n) is 4.16. The van der Waals surface area contributed by atoms with Gasteiger partial charge >= 0.3 is 0 Å². The Morgan fingerprint density at radius 1 is 1.27 bits per heavy atom. The second-order valence-corrected chi connectivity index (χ2v) is 8.34. The molecule has 1 aliphatic rings. The van der Waals surface area contributed by atoms with Crippen molar-refractivity contribution in [2.75, 3.05) is 46.0 Å². The summed E-state index contributed by atoms with van der Waals surface area (Å²) in [5.74, 6) is -0.315. The maximum Gasteiger partial charge on any atom is 0.237 e. The first-order valence-electron chi connectivity index (χ1n) is 7.82. The summed E-state index contributed by atoms with van der Waals surface area (Å²) in [5.41, 5.74) is 5.42. The second kappa shape index (κ2) is 8.24. The Balaban J connectivity index is 2.85. The smallest absolute Gasteiger partial charge is 0.237 e. The van der Waals surface area contributed by atoms with E-state index in [1.165, 1.54) is 9.21 Å². The van der Waals surface area contributed by atoms with Crippen molar-refractivity contribution in [2.45, 2.75) is 38.8 Å². The van der Waals surface area contributed by atoms with Crippen LogP contribution in [0.4, 0.5) is 0 Å². The number of carbonyl (C=O) groups is 1. The molecule has 0 atom stereocenters. The van der Waals surface area contributed by atoms with Crippen molar-refractivity contribution < 1.29 is 13.2 Å². The predicted octanol–water partition coefficient (Wildman–Crippen LogP) is -0.462. The van der Waals surface area contributed by atoms with Gasteiger partial charge in [0.2, 0.25) is 15.9 Å². The molecule has 1 aliphatic heterocycles. The zero-order valence-corrected chi connectivity index (χ0v) is 15.0. The number of hydrogen-bond acceptors (Lipinski definition) is 5. The summed E-state index contributed by atoms with van der Waals surface area (Å²) in [6.07, 6.45) is 1.51. The molecular formula is C14H30N4O3S. The Bertz CT molecular complexity index is 457. The van der Waals surface area contributed by atoms with Crippen molar-refractivity contribution in [3.05, 3.63) is 0 Å². The van der Waals surface area contributed by atoms with E-state index in [1.807, 2.05) is 0 Å². The standard InChI is InChI=1S/C14H30N4O3S/c1-12(2)17-8-5-13(6-9-17)18(11-14(19)16(3)4)22(20,21)10-7-15/h12-13H,5-11,15H2,1-4H3. The lowest BCUT2D eigenvalue weighted by atomic mass is 10.0. The average molecular weight is 334 g/mol. The van der Waals surface area contributed by atoms with Crippen LogP contribution in [0.15, 0.2) is 0 Å². The van der Waals surface area contributed by atoms with Crippen LogP contribution in [0.3, 0.4) is 0 Å². The molecular weight excluding hydrogens is 304 g/mol. The summed E-state index contributed by atoms with van der Waals surface area (Å²) in [6, 6.07) is 0.342. The van der Waals surface area contributed by atoms with E-state index >= 15 is 0 Å². The van der Waals surface area contributed by atoms with Gasteiger partial charge in [0, 0.05) is 32.7 Å². The third kappa shape index (κ3) is 5.19. The van der Waals surface area contributed by atoms with Crippen molar-refractivity contribution >= 4 is 15.9 Å². The first-order chi connectivity index (χ1) is 10.2. The van der Waals surface area contributed by atoms with Crippen molar-refractivity contribution in [3.63, 3.8) is 0 Å². The highest BCUT2D eigenvalue weighted by atomic mass is 32.2. The lowest BCUT2D eigenvalue weighted by Gasteiger charge is -2.39. The molecule has 0 unspecified atom stereocenters. The molecule has 130 valence electrons. The summed E-state index contributed by atoms with van der Waals surface area (Å²) in [6.45, 7) is 5.96. The predicted molar refractivity (Wildman–Crippen MR) is 88.0 cm³/mol. The molecule has 22 heavy (non-hydrogen) atoms.